The molecule has 0 aromatic heterocycles. The number of carbonyl (C=O) groups is 4. The van der Waals surface area contributed by atoms with Crippen LogP contribution in [0.5, 0.6) is 0 Å². The quantitative estimate of drug-likeness (QED) is 0.00889. The standard InChI is InChI=1S/C93H171O25P/c1-7-11-15-19-23-25-27-29-30-32-34-36-38-49-58-66-79(98)115-88-84(103)85(104)89(116-92-86(105)82(101)80(99)74(67-94)113-92)91(90(88)117-93-87(106)83(102)81(100)75(114-93)70-110-77(96)64-56-47-37-35-33-31-28-26-24-20-16-12-8-2)118-119(107,108)111-69-73(112-78(97)65-57-50-42-40-46-54-62-72(6)60-52-44-22-18-14-10-4)68-109-76(95)63-55-48-41-39-45-53-61-71(5)59-51-43-21-17-13-9-3/h25,27,31,33,71-75,80-94,99-106H,7-24,26,28-30,32,34-70H2,1-6H3,(H,107,108)/b27-25-,33-31-. The highest BCUT2D eigenvalue weighted by molar-refractivity contribution is 7.47. The molecule has 2 heterocycles. The third-order valence-corrected chi connectivity index (χ3v) is 24.7. The molecule has 10 N–H and O–H groups in total. The fourth-order valence-corrected chi connectivity index (χ4v) is 16.9. The maximum atomic E-state index is 14.9. The van der Waals surface area contributed by atoms with Crippen LogP contribution in [0.3, 0.4) is 0 Å². The van der Waals surface area contributed by atoms with E-state index in [1.807, 2.05) is 0 Å². The highest BCUT2D eigenvalue weighted by Crippen LogP contribution is 2.49. The highest BCUT2D eigenvalue weighted by Gasteiger charge is 2.60. The Bertz CT molecular complexity index is 2600. The molecule has 0 amide bonds. The lowest BCUT2D eigenvalue weighted by atomic mass is 9.84. The Morgan fingerprint density at radius 3 is 1.10 bits per heavy atom. The largest absolute Gasteiger partial charge is 0.472 e. The fourth-order valence-electron chi connectivity index (χ4n) is 15.9. The number of esters is 4. The lowest BCUT2D eigenvalue weighted by Crippen LogP contribution is -2.70. The first-order valence-electron chi connectivity index (χ1n) is 47.9. The second kappa shape index (κ2) is 70.1. The molecule has 0 radical (unpaired) electrons. The first kappa shape index (κ1) is 110. The maximum Gasteiger partial charge on any atom is 0.472 e. The van der Waals surface area contributed by atoms with Crippen LogP contribution in [0.15, 0.2) is 24.3 Å². The summed E-state index contributed by atoms with van der Waals surface area (Å²) in [6.45, 7) is 10.2. The minimum atomic E-state index is -5.82. The number of hydrogen-bond acceptors (Lipinski definition) is 24. The molecule has 20 atom stereocenters. The van der Waals surface area contributed by atoms with Crippen LogP contribution >= 0.6 is 7.82 Å². The van der Waals surface area contributed by atoms with Gasteiger partial charge < -0.3 is 88.7 Å². The molecule has 0 bridgehead atoms. The Morgan fingerprint density at radius 2 is 0.681 bits per heavy atom. The van der Waals surface area contributed by atoms with E-state index < -0.39 is 162 Å². The van der Waals surface area contributed by atoms with Crippen molar-refractivity contribution >= 4 is 31.7 Å². The second-order valence-corrected chi connectivity index (χ2v) is 36.2. The van der Waals surface area contributed by atoms with Crippen molar-refractivity contribution in [3.8, 4) is 0 Å². The van der Waals surface area contributed by atoms with E-state index in [9.17, 15) is 74.6 Å². The topological polar surface area (TPSA) is 380 Å². The van der Waals surface area contributed by atoms with E-state index in [2.05, 4.69) is 65.8 Å². The van der Waals surface area contributed by atoms with Gasteiger partial charge in [0.1, 0.15) is 92.6 Å². The molecular formula is C93H171O25P. The Labute approximate surface area is 717 Å². The van der Waals surface area contributed by atoms with E-state index >= 15 is 0 Å². The summed E-state index contributed by atoms with van der Waals surface area (Å²) in [6.07, 6.45) is 27.5. The highest BCUT2D eigenvalue weighted by atomic mass is 31.2. The van der Waals surface area contributed by atoms with Crippen LogP contribution in [0.25, 0.3) is 0 Å². The van der Waals surface area contributed by atoms with Gasteiger partial charge in [0.15, 0.2) is 24.8 Å². The average molecular weight is 1720 g/mol. The Balaban J connectivity index is 1.93. The maximum absolute atomic E-state index is 14.9. The van der Waals surface area contributed by atoms with E-state index in [-0.39, 0.29) is 25.7 Å². The van der Waals surface area contributed by atoms with Crippen molar-refractivity contribution in [2.75, 3.05) is 26.4 Å². The summed E-state index contributed by atoms with van der Waals surface area (Å²) in [6, 6.07) is 0. The smallest absolute Gasteiger partial charge is 0.463 e. The van der Waals surface area contributed by atoms with Crippen LogP contribution < -0.4 is 0 Å². The monoisotopic (exact) mass is 1720 g/mol. The van der Waals surface area contributed by atoms with Crippen LogP contribution in [0.2, 0.25) is 0 Å². The molecule has 3 rings (SSSR count). The van der Waals surface area contributed by atoms with Crippen LogP contribution in [-0.4, -0.2) is 205 Å². The predicted molar refractivity (Wildman–Crippen MR) is 462 cm³/mol. The van der Waals surface area contributed by atoms with Gasteiger partial charge in [0.05, 0.1) is 13.2 Å². The minimum Gasteiger partial charge on any atom is -0.463 e. The zero-order valence-corrected chi connectivity index (χ0v) is 75.6. The number of phosphoric acid groups is 1. The molecule has 2 aliphatic heterocycles. The van der Waals surface area contributed by atoms with Crippen LogP contribution in [0.4, 0.5) is 0 Å². The molecular weight excluding hydrogens is 1550 g/mol. The molecule has 25 nitrogen and oxygen atoms in total. The Hall–Kier alpha value is -3.05. The molecule has 698 valence electrons. The molecule has 0 spiro atoms. The van der Waals surface area contributed by atoms with Gasteiger partial charge in [-0.05, 0) is 88.9 Å². The molecule has 26 heteroatoms. The summed E-state index contributed by atoms with van der Waals surface area (Å²) in [5.74, 6) is -1.63. The second-order valence-electron chi connectivity index (χ2n) is 34.8. The first-order chi connectivity index (χ1) is 57.5. The number of aliphatic hydroxyl groups excluding tert-OH is 9. The molecule has 1 saturated carbocycles. The SMILES string of the molecule is CCCCCC/C=C\CCCCCCCCCC(=O)OC1C(O)C(O)C(OC2OC(CO)C(O)C(O)C2O)C(OP(=O)(O)OCC(COC(=O)CCCCCCCCC(C)CCCCCCCC)OC(=O)CCCCCCCCC(C)CCCCCCCC)C1OC1OC(COC(=O)CCCCC/C=C\CCCCCCCC)C(O)C(O)C1O. The zero-order valence-electron chi connectivity index (χ0n) is 74.7. The lowest BCUT2D eigenvalue weighted by Gasteiger charge is -2.50. The fraction of sp³-hybridized carbons (Fsp3) is 0.914. The normalized spacial score (nSPS) is 25.4. The number of ether oxygens (including phenoxy) is 8. The number of hydrogen-bond donors (Lipinski definition) is 10. The lowest BCUT2D eigenvalue weighted by molar-refractivity contribution is -0.360. The van der Waals surface area contributed by atoms with Crippen molar-refractivity contribution in [2.24, 2.45) is 11.8 Å². The summed E-state index contributed by atoms with van der Waals surface area (Å²) < 4.78 is 73.5. The molecule has 119 heavy (non-hydrogen) atoms. The van der Waals surface area contributed by atoms with Crippen molar-refractivity contribution in [2.45, 2.75) is 505 Å². The van der Waals surface area contributed by atoms with Gasteiger partial charge in [-0.1, -0.05) is 323 Å². The van der Waals surface area contributed by atoms with Crippen molar-refractivity contribution in [1.29, 1.82) is 0 Å². The van der Waals surface area contributed by atoms with Gasteiger partial charge in [0.2, 0.25) is 0 Å². The van der Waals surface area contributed by atoms with Gasteiger partial charge in [-0.15, -0.1) is 0 Å². The van der Waals surface area contributed by atoms with Gasteiger partial charge in [-0.25, -0.2) is 4.57 Å². The zero-order chi connectivity index (χ0) is 87.1. The van der Waals surface area contributed by atoms with E-state index in [0.717, 1.165) is 135 Å². The molecule has 0 aromatic rings. The third-order valence-electron chi connectivity index (χ3n) is 23.7. The molecule has 3 fully saturated rings. The molecule has 1 aliphatic carbocycles. The van der Waals surface area contributed by atoms with Gasteiger partial charge in [-0.2, -0.15) is 0 Å². The minimum absolute atomic E-state index is 0.00704. The van der Waals surface area contributed by atoms with Crippen LogP contribution in [0, 0.1) is 11.8 Å². The summed E-state index contributed by atoms with van der Waals surface area (Å²) >= 11 is 0. The van der Waals surface area contributed by atoms with Crippen LogP contribution in [0.1, 0.15) is 401 Å². The Kier molecular flexibility index (Phi) is 64.8. The third kappa shape index (κ3) is 50.8. The van der Waals surface area contributed by atoms with E-state index in [0.29, 0.717) is 50.4 Å². The van der Waals surface area contributed by atoms with Gasteiger partial charge in [0, 0.05) is 25.7 Å². The molecule has 3 aliphatic rings. The average Bonchev–Trinajstić information content (AvgIpc) is 0.754. The Morgan fingerprint density at radius 1 is 0.353 bits per heavy atom. The molecule has 0 aromatic carbocycles. The van der Waals surface area contributed by atoms with Gasteiger partial charge >= 0.3 is 31.7 Å². The number of carbonyl (C=O) groups excluding carboxylic acids is 4. The number of phosphoric ester groups is 1. The summed E-state index contributed by atoms with van der Waals surface area (Å²) in [5.41, 5.74) is 0. The predicted octanol–water partition coefficient (Wildman–Crippen LogP) is 17.8. The number of rotatable bonds is 76. The van der Waals surface area contributed by atoms with Crippen LogP contribution in [-0.2, 0) is 70.7 Å². The summed E-state index contributed by atoms with van der Waals surface area (Å²) in [5, 5.41) is 102. The van der Waals surface area contributed by atoms with Crippen molar-refractivity contribution < 1.29 is 122 Å². The van der Waals surface area contributed by atoms with Gasteiger partial charge in [0.25, 0.3) is 0 Å². The number of aliphatic hydroxyl groups is 9. The van der Waals surface area contributed by atoms with Gasteiger partial charge in [-0.3, -0.25) is 28.2 Å². The molecule has 20 unspecified atom stereocenters. The van der Waals surface area contributed by atoms with Crippen molar-refractivity contribution in [1.82, 2.24) is 0 Å². The van der Waals surface area contributed by atoms with Crippen molar-refractivity contribution in [3.63, 3.8) is 0 Å². The number of unbranched alkanes of at least 4 members (excludes halogenated alkanes) is 40. The first-order valence-corrected chi connectivity index (χ1v) is 49.3. The number of allylic oxidation sites excluding steroid dienone is 4. The molecule has 2 saturated heterocycles. The van der Waals surface area contributed by atoms with E-state index in [1.54, 1.807) is 0 Å². The summed E-state index contributed by atoms with van der Waals surface area (Å²) in [4.78, 5) is 66.6. The van der Waals surface area contributed by atoms with E-state index in [1.165, 1.54) is 161 Å². The van der Waals surface area contributed by atoms with Crippen molar-refractivity contribution in [3.05, 3.63) is 24.3 Å². The van der Waals surface area contributed by atoms with E-state index in [4.69, 9.17) is 46.9 Å². The summed E-state index contributed by atoms with van der Waals surface area (Å²) in [7, 11) is -5.82.